The molecular weight excluding hydrogens is 154 g/mol. The first-order valence-corrected chi connectivity index (χ1v) is 2.89. The van der Waals surface area contributed by atoms with Crippen LogP contribution >= 0.6 is 0 Å². The van der Waals surface area contributed by atoms with Crippen molar-refractivity contribution in [1.29, 1.82) is 15.8 Å². The first-order valence-electron chi connectivity index (χ1n) is 2.89. The van der Waals surface area contributed by atoms with Gasteiger partial charge in [0.2, 0.25) is 5.82 Å². The van der Waals surface area contributed by atoms with Crippen molar-refractivity contribution in [3.63, 3.8) is 0 Å². The second-order valence-electron chi connectivity index (χ2n) is 1.80. The zero-order valence-corrected chi connectivity index (χ0v) is 5.81. The monoisotopic (exact) mass is 155 g/mol. The van der Waals surface area contributed by atoms with Crippen LogP contribution in [-0.4, -0.2) is 9.97 Å². The van der Waals surface area contributed by atoms with Gasteiger partial charge in [0.1, 0.15) is 29.6 Å². The van der Waals surface area contributed by atoms with E-state index in [0.717, 1.165) is 0 Å². The molecular formula is C7HN5. The first kappa shape index (κ1) is 7.65. The van der Waals surface area contributed by atoms with Crippen LogP contribution in [0.25, 0.3) is 0 Å². The Morgan fingerprint density at radius 3 is 1.75 bits per heavy atom. The summed E-state index contributed by atoms with van der Waals surface area (Å²) in [4.78, 5) is 7.07. The second kappa shape index (κ2) is 3.09. The number of rotatable bonds is 0. The SMILES string of the molecule is N#Cc1cc(C#N)nc(C#N)n1. The highest BCUT2D eigenvalue weighted by molar-refractivity contribution is 5.31. The van der Waals surface area contributed by atoms with Crippen molar-refractivity contribution in [2.45, 2.75) is 0 Å². The molecule has 5 nitrogen and oxygen atoms in total. The van der Waals surface area contributed by atoms with E-state index in [9.17, 15) is 0 Å². The Morgan fingerprint density at radius 2 is 1.42 bits per heavy atom. The maximum Gasteiger partial charge on any atom is 0.234 e. The average Bonchev–Trinajstić information content (AvgIpc) is 2.16. The largest absolute Gasteiger partial charge is 0.234 e. The molecule has 0 fully saturated rings. The third kappa shape index (κ3) is 1.34. The van der Waals surface area contributed by atoms with E-state index in [0.29, 0.717) is 0 Å². The molecule has 0 aliphatic rings. The van der Waals surface area contributed by atoms with Crippen LogP contribution in [0.2, 0.25) is 0 Å². The molecule has 1 rings (SSSR count). The molecule has 5 heteroatoms. The summed E-state index contributed by atoms with van der Waals surface area (Å²) in [5.74, 6) is -0.161. The zero-order chi connectivity index (χ0) is 8.97. The summed E-state index contributed by atoms with van der Waals surface area (Å²) in [6, 6.07) is 6.32. The molecule has 0 atom stereocenters. The van der Waals surface area contributed by atoms with Crippen LogP contribution in [0, 0.1) is 34.0 Å². The van der Waals surface area contributed by atoms with Gasteiger partial charge in [0, 0.05) is 6.07 Å². The summed E-state index contributed by atoms with van der Waals surface area (Å²) in [7, 11) is 0. The summed E-state index contributed by atoms with van der Waals surface area (Å²) < 4.78 is 0. The lowest BCUT2D eigenvalue weighted by Gasteiger charge is -1.89. The standard InChI is InChI=1S/C7HN5/c8-2-5-1-6(3-9)12-7(4-10)11-5/h1H. The van der Waals surface area contributed by atoms with Crippen LogP contribution in [0.5, 0.6) is 0 Å². The van der Waals surface area contributed by atoms with E-state index in [1.807, 2.05) is 0 Å². The average molecular weight is 155 g/mol. The van der Waals surface area contributed by atoms with Gasteiger partial charge in [-0.05, 0) is 0 Å². The quantitative estimate of drug-likeness (QED) is 0.528. The third-order valence-electron chi connectivity index (χ3n) is 1.06. The van der Waals surface area contributed by atoms with Crippen LogP contribution in [0.4, 0.5) is 0 Å². The number of hydrogen-bond acceptors (Lipinski definition) is 5. The fraction of sp³-hybridized carbons (Fsp3) is 0. The van der Waals surface area contributed by atoms with E-state index in [2.05, 4.69) is 9.97 Å². The Hall–Kier alpha value is -2.45. The molecule has 0 aromatic carbocycles. The van der Waals surface area contributed by atoms with E-state index >= 15 is 0 Å². The van der Waals surface area contributed by atoms with Crippen molar-refractivity contribution < 1.29 is 0 Å². The smallest absolute Gasteiger partial charge is 0.208 e. The predicted octanol–water partition coefficient (Wildman–Crippen LogP) is 0.0916. The lowest BCUT2D eigenvalue weighted by atomic mass is 10.3. The Labute approximate surface area is 68.1 Å². The molecule has 1 aromatic heterocycles. The minimum atomic E-state index is -0.161. The van der Waals surface area contributed by atoms with Gasteiger partial charge in [-0.2, -0.15) is 15.8 Å². The van der Waals surface area contributed by atoms with Gasteiger partial charge < -0.3 is 0 Å². The van der Waals surface area contributed by atoms with Gasteiger partial charge in [0.25, 0.3) is 0 Å². The Kier molecular flexibility index (Phi) is 1.97. The summed E-state index contributed by atoms with van der Waals surface area (Å²) in [5, 5.41) is 25.2. The van der Waals surface area contributed by atoms with Crippen molar-refractivity contribution in [3.8, 4) is 18.2 Å². The van der Waals surface area contributed by atoms with Crippen molar-refractivity contribution in [1.82, 2.24) is 9.97 Å². The second-order valence-corrected chi connectivity index (χ2v) is 1.80. The van der Waals surface area contributed by atoms with Gasteiger partial charge in [0.05, 0.1) is 0 Å². The van der Waals surface area contributed by atoms with Crippen molar-refractivity contribution in [2.24, 2.45) is 0 Å². The Bertz CT molecular complexity index is 350. The first-order chi connectivity index (χ1) is 5.80. The van der Waals surface area contributed by atoms with Gasteiger partial charge in [0.15, 0.2) is 0 Å². The molecule has 1 aromatic rings. The summed E-state index contributed by atoms with van der Waals surface area (Å²) in [6.45, 7) is 0. The number of aromatic nitrogens is 2. The van der Waals surface area contributed by atoms with Crippen LogP contribution in [0.1, 0.15) is 17.2 Å². The van der Waals surface area contributed by atoms with E-state index in [4.69, 9.17) is 15.8 Å². The van der Waals surface area contributed by atoms with Crippen LogP contribution in [0.3, 0.4) is 0 Å². The molecule has 0 spiro atoms. The molecule has 0 N–H and O–H groups in total. The lowest BCUT2D eigenvalue weighted by Crippen LogP contribution is -1.95. The van der Waals surface area contributed by atoms with Crippen LogP contribution in [-0.2, 0) is 0 Å². The molecule has 1 heterocycles. The Morgan fingerprint density at radius 1 is 0.917 bits per heavy atom. The van der Waals surface area contributed by atoms with Gasteiger partial charge in [-0.1, -0.05) is 0 Å². The third-order valence-corrected chi connectivity index (χ3v) is 1.06. The van der Waals surface area contributed by atoms with Crippen LogP contribution in [0.15, 0.2) is 6.07 Å². The minimum absolute atomic E-state index is 0.0260. The highest BCUT2D eigenvalue weighted by Crippen LogP contribution is 1.97. The maximum absolute atomic E-state index is 8.42. The predicted molar refractivity (Wildman–Crippen MR) is 36.2 cm³/mol. The fourth-order valence-electron chi connectivity index (χ4n) is 0.612. The summed E-state index contributed by atoms with van der Waals surface area (Å²) in [5.41, 5.74) is 0.0520. The Balaban J connectivity index is 3.36. The van der Waals surface area contributed by atoms with Gasteiger partial charge in [-0.25, -0.2) is 9.97 Å². The molecule has 0 aliphatic heterocycles. The lowest BCUT2D eigenvalue weighted by molar-refractivity contribution is 1.07. The van der Waals surface area contributed by atoms with E-state index in [1.165, 1.54) is 6.07 Å². The molecule has 0 aliphatic carbocycles. The molecule has 0 amide bonds. The van der Waals surface area contributed by atoms with Crippen molar-refractivity contribution in [3.05, 3.63) is 23.3 Å². The number of nitrogens with zero attached hydrogens (tertiary/aromatic N) is 5. The molecule has 0 unspecified atom stereocenters. The molecule has 0 saturated heterocycles. The zero-order valence-electron chi connectivity index (χ0n) is 5.81. The van der Waals surface area contributed by atoms with Crippen LogP contribution < -0.4 is 0 Å². The molecule has 0 bridgehead atoms. The number of hydrogen-bond donors (Lipinski definition) is 0. The summed E-state index contributed by atoms with van der Waals surface area (Å²) in [6.07, 6.45) is 0. The minimum Gasteiger partial charge on any atom is -0.208 e. The van der Waals surface area contributed by atoms with E-state index in [-0.39, 0.29) is 17.2 Å². The van der Waals surface area contributed by atoms with E-state index < -0.39 is 0 Å². The highest BCUT2D eigenvalue weighted by atomic mass is 14.9. The van der Waals surface area contributed by atoms with Gasteiger partial charge in [-0.15, -0.1) is 0 Å². The van der Waals surface area contributed by atoms with E-state index in [1.54, 1.807) is 18.2 Å². The number of nitriles is 3. The van der Waals surface area contributed by atoms with Gasteiger partial charge in [-0.3, -0.25) is 0 Å². The highest BCUT2D eigenvalue weighted by Gasteiger charge is 2.01. The summed E-state index contributed by atoms with van der Waals surface area (Å²) >= 11 is 0. The molecule has 54 valence electrons. The van der Waals surface area contributed by atoms with Crippen molar-refractivity contribution >= 4 is 0 Å². The normalized spacial score (nSPS) is 7.75. The van der Waals surface area contributed by atoms with Gasteiger partial charge >= 0.3 is 0 Å². The molecule has 12 heavy (non-hydrogen) atoms. The van der Waals surface area contributed by atoms with Crippen molar-refractivity contribution in [2.75, 3.05) is 0 Å². The maximum atomic E-state index is 8.42. The fourth-order valence-corrected chi connectivity index (χ4v) is 0.612. The molecule has 0 saturated carbocycles. The topological polar surface area (TPSA) is 97.1 Å². The molecule has 0 radical (unpaired) electrons.